The Morgan fingerprint density at radius 2 is 1.70 bits per heavy atom. The quantitative estimate of drug-likeness (QED) is 0.0951. The van der Waals surface area contributed by atoms with Crippen LogP contribution in [-0.4, -0.2) is 49.5 Å². The Bertz CT molecular complexity index is 1840. The van der Waals surface area contributed by atoms with Crippen LogP contribution in [0.4, 0.5) is 24.5 Å². The minimum Gasteiger partial charge on any atom is -0.618 e. The number of aryl methyl sites for hydroxylation is 1. The third-order valence-electron chi connectivity index (χ3n) is 8.28. The lowest BCUT2D eigenvalue weighted by Crippen LogP contribution is -2.42. The SMILES string of the molecule is CCCCOCCOc1ccc(-c2ccc3c(c2)C=C(C(=O)Nc2ccc(C(O)c4cccc(C)[n+]4[O-])cc2)CCN3C(=O)C(F)(F)F)cc1. The number of hydrogen-bond donors (Lipinski definition) is 2. The van der Waals surface area contributed by atoms with Crippen molar-refractivity contribution < 1.29 is 42.1 Å². The van der Waals surface area contributed by atoms with Crippen molar-refractivity contribution in [2.45, 2.75) is 45.4 Å². The number of rotatable bonds is 12. The van der Waals surface area contributed by atoms with Gasteiger partial charge in [-0.2, -0.15) is 17.9 Å². The lowest BCUT2D eigenvalue weighted by atomic mass is 10.00. The molecule has 12 heteroatoms. The maximum absolute atomic E-state index is 13.6. The fourth-order valence-corrected chi connectivity index (χ4v) is 5.52. The zero-order valence-electron chi connectivity index (χ0n) is 27.7. The second-order valence-electron chi connectivity index (χ2n) is 11.9. The number of halogens is 3. The summed E-state index contributed by atoms with van der Waals surface area (Å²) >= 11 is 0. The number of amides is 2. The summed E-state index contributed by atoms with van der Waals surface area (Å²) in [5.41, 5.74) is 3.25. The van der Waals surface area contributed by atoms with E-state index in [2.05, 4.69) is 12.2 Å². The standard InChI is InChI=1S/C38H38F3N3O6/c1-3-4-20-49-21-22-50-32-15-10-26(11-16-32)28-12-17-33-30(23-28)24-29(18-19-43(33)37(47)38(39,40)41)36(46)42-31-13-8-27(9-14-31)35(45)34-7-5-6-25(2)44(34)48/h5-17,23-24,35,45H,3-4,18-22H2,1-2H3,(H,42,46). The van der Waals surface area contributed by atoms with Crippen LogP contribution in [0.5, 0.6) is 5.75 Å². The number of aromatic nitrogens is 1. The van der Waals surface area contributed by atoms with Gasteiger partial charge in [-0.15, -0.1) is 0 Å². The van der Waals surface area contributed by atoms with E-state index in [-0.39, 0.29) is 35.5 Å². The Morgan fingerprint density at radius 1 is 0.980 bits per heavy atom. The largest absolute Gasteiger partial charge is 0.618 e. The predicted octanol–water partition coefficient (Wildman–Crippen LogP) is 6.89. The highest BCUT2D eigenvalue weighted by Crippen LogP contribution is 2.35. The molecule has 1 aliphatic heterocycles. The summed E-state index contributed by atoms with van der Waals surface area (Å²) in [4.78, 5) is 26.6. The van der Waals surface area contributed by atoms with Crippen molar-refractivity contribution in [1.29, 1.82) is 0 Å². The third kappa shape index (κ3) is 8.68. The van der Waals surface area contributed by atoms with Crippen molar-refractivity contribution in [2.24, 2.45) is 0 Å². The van der Waals surface area contributed by atoms with Crippen molar-refractivity contribution in [2.75, 3.05) is 36.6 Å². The molecule has 2 N–H and O–H groups in total. The van der Waals surface area contributed by atoms with Crippen molar-refractivity contribution in [3.05, 3.63) is 118 Å². The van der Waals surface area contributed by atoms with Gasteiger partial charge in [-0.3, -0.25) is 9.59 Å². The van der Waals surface area contributed by atoms with Crippen LogP contribution in [0.2, 0.25) is 0 Å². The molecule has 0 bridgehead atoms. The number of nitrogens with zero attached hydrogens (tertiary/aromatic N) is 2. The number of aliphatic hydroxyl groups is 1. The topological polar surface area (TPSA) is 115 Å². The molecule has 0 fully saturated rings. The average molecular weight is 690 g/mol. The summed E-state index contributed by atoms with van der Waals surface area (Å²) in [6.07, 6.45) is -2.93. The molecule has 2 heterocycles. The number of aliphatic hydroxyl groups excluding tert-OH is 1. The van der Waals surface area contributed by atoms with Crippen LogP contribution < -0.4 is 19.7 Å². The van der Waals surface area contributed by atoms with Crippen molar-refractivity contribution in [3.63, 3.8) is 0 Å². The molecule has 0 radical (unpaired) electrons. The van der Waals surface area contributed by atoms with E-state index in [0.29, 0.717) is 57.7 Å². The molecule has 262 valence electrons. The second kappa shape index (κ2) is 16.0. The molecule has 3 aromatic carbocycles. The number of hydrogen-bond acceptors (Lipinski definition) is 6. The van der Waals surface area contributed by atoms with E-state index in [9.17, 15) is 33.1 Å². The van der Waals surface area contributed by atoms with Gasteiger partial charge in [0.2, 0.25) is 5.69 Å². The Kier molecular flexibility index (Phi) is 11.6. The van der Waals surface area contributed by atoms with E-state index in [1.54, 1.807) is 67.6 Å². The molecule has 0 spiro atoms. The van der Waals surface area contributed by atoms with E-state index < -0.39 is 24.1 Å². The minimum atomic E-state index is -5.12. The third-order valence-corrected chi connectivity index (χ3v) is 8.28. The number of pyridine rings is 1. The monoisotopic (exact) mass is 689 g/mol. The fourth-order valence-electron chi connectivity index (χ4n) is 5.52. The number of carbonyl (C=O) groups is 2. The Hall–Kier alpha value is -5.20. The van der Waals surface area contributed by atoms with E-state index in [0.717, 1.165) is 18.4 Å². The highest BCUT2D eigenvalue weighted by molar-refractivity contribution is 6.09. The molecule has 0 saturated carbocycles. The first-order valence-electron chi connectivity index (χ1n) is 16.3. The van der Waals surface area contributed by atoms with Crippen LogP contribution in [0.3, 0.4) is 0 Å². The molecular formula is C38H38F3N3O6. The summed E-state index contributed by atoms with van der Waals surface area (Å²) in [5, 5.41) is 25.9. The van der Waals surface area contributed by atoms with Crippen LogP contribution in [0.1, 0.15) is 54.8 Å². The molecule has 1 unspecified atom stereocenters. The number of fused-ring (bicyclic) bond motifs is 1. The van der Waals surface area contributed by atoms with E-state index in [4.69, 9.17) is 9.47 Å². The highest BCUT2D eigenvalue weighted by atomic mass is 19.4. The molecule has 4 aromatic rings. The molecule has 50 heavy (non-hydrogen) atoms. The first-order valence-corrected chi connectivity index (χ1v) is 16.3. The Morgan fingerprint density at radius 3 is 2.40 bits per heavy atom. The molecule has 0 saturated heterocycles. The van der Waals surface area contributed by atoms with Crippen LogP contribution >= 0.6 is 0 Å². The molecule has 1 atom stereocenters. The average Bonchev–Trinajstić information content (AvgIpc) is 3.30. The molecular weight excluding hydrogens is 651 g/mol. The lowest BCUT2D eigenvalue weighted by Gasteiger charge is -2.24. The smallest absolute Gasteiger partial charge is 0.471 e. The van der Waals surface area contributed by atoms with Crippen LogP contribution in [-0.2, 0) is 14.3 Å². The number of carbonyl (C=O) groups excluding carboxylic acids is 2. The molecule has 0 aliphatic carbocycles. The number of unbranched alkanes of at least 4 members (excludes halogenated alkanes) is 1. The van der Waals surface area contributed by atoms with Gasteiger partial charge in [-0.1, -0.05) is 43.7 Å². The summed E-state index contributed by atoms with van der Waals surface area (Å²) in [5.74, 6) is -1.95. The van der Waals surface area contributed by atoms with Gasteiger partial charge in [-0.25, -0.2) is 0 Å². The Labute approximate surface area is 288 Å². The van der Waals surface area contributed by atoms with E-state index >= 15 is 0 Å². The number of ether oxygens (including phenoxy) is 2. The van der Waals surface area contributed by atoms with Gasteiger partial charge in [0, 0.05) is 43.5 Å². The highest BCUT2D eigenvalue weighted by Gasteiger charge is 2.44. The van der Waals surface area contributed by atoms with Crippen LogP contribution in [0, 0.1) is 12.1 Å². The minimum absolute atomic E-state index is 0.0343. The van der Waals surface area contributed by atoms with Gasteiger partial charge in [0.15, 0.2) is 11.8 Å². The maximum atomic E-state index is 13.6. The molecule has 1 aromatic heterocycles. The normalized spacial score (nSPS) is 13.6. The van der Waals surface area contributed by atoms with Gasteiger partial charge in [0.1, 0.15) is 12.4 Å². The number of nitrogens with one attached hydrogen (secondary N) is 1. The molecule has 2 amide bonds. The number of anilines is 2. The van der Waals surface area contributed by atoms with Gasteiger partial charge in [0.25, 0.3) is 5.91 Å². The number of alkyl halides is 3. The van der Waals surface area contributed by atoms with Crippen molar-refractivity contribution in [1.82, 2.24) is 0 Å². The lowest BCUT2D eigenvalue weighted by molar-refractivity contribution is -0.624. The van der Waals surface area contributed by atoms with E-state index in [1.807, 2.05) is 12.1 Å². The molecule has 9 nitrogen and oxygen atoms in total. The fraction of sp³-hybridized carbons (Fsp3) is 0.289. The predicted molar refractivity (Wildman–Crippen MR) is 183 cm³/mol. The Balaban J connectivity index is 1.35. The second-order valence-corrected chi connectivity index (χ2v) is 11.9. The summed E-state index contributed by atoms with van der Waals surface area (Å²) < 4.78 is 52.8. The summed E-state index contributed by atoms with van der Waals surface area (Å²) in [6, 6.07) is 23.0. The van der Waals surface area contributed by atoms with Crippen LogP contribution in [0.25, 0.3) is 17.2 Å². The first kappa shape index (κ1) is 36.1. The van der Waals surface area contributed by atoms with Gasteiger partial charge >= 0.3 is 12.1 Å². The van der Waals surface area contributed by atoms with Crippen molar-refractivity contribution in [3.8, 4) is 16.9 Å². The first-order chi connectivity index (χ1) is 24.0. The maximum Gasteiger partial charge on any atom is 0.471 e. The zero-order chi connectivity index (χ0) is 35.8. The van der Waals surface area contributed by atoms with Gasteiger partial charge < -0.3 is 30.0 Å². The molecule has 1 aliphatic rings. The summed E-state index contributed by atoms with van der Waals surface area (Å²) in [7, 11) is 0. The van der Waals surface area contributed by atoms with E-state index in [1.165, 1.54) is 18.2 Å². The van der Waals surface area contributed by atoms with Crippen molar-refractivity contribution >= 4 is 29.3 Å². The zero-order valence-corrected chi connectivity index (χ0v) is 27.7. The summed E-state index contributed by atoms with van der Waals surface area (Å²) in [6.45, 7) is 4.88. The van der Waals surface area contributed by atoms with Gasteiger partial charge in [-0.05, 0) is 83.6 Å². The number of benzene rings is 3. The molecule has 5 rings (SSSR count). The van der Waals surface area contributed by atoms with Crippen LogP contribution in [0.15, 0.2) is 90.5 Å². The van der Waals surface area contributed by atoms with Gasteiger partial charge in [0.05, 0.1) is 12.3 Å².